The van der Waals surface area contributed by atoms with E-state index in [-0.39, 0.29) is 19.0 Å². The van der Waals surface area contributed by atoms with E-state index >= 15 is 0 Å². The van der Waals surface area contributed by atoms with Gasteiger partial charge in [0.25, 0.3) is 12.3 Å². The highest BCUT2D eigenvalue weighted by atomic mass is 19.3. The summed E-state index contributed by atoms with van der Waals surface area (Å²) in [6, 6.07) is 10.6. The molecule has 2 amide bonds. The first kappa shape index (κ1) is 21.4. The van der Waals surface area contributed by atoms with E-state index in [1.165, 1.54) is 9.80 Å². The summed E-state index contributed by atoms with van der Waals surface area (Å²) >= 11 is 0. The van der Waals surface area contributed by atoms with Crippen LogP contribution < -0.4 is 4.90 Å². The second-order valence-electron chi connectivity index (χ2n) is 8.67. The molecule has 0 radical (unpaired) electrons. The number of fused-ring (bicyclic) bond motifs is 2. The molecule has 3 aromatic rings. The Kier molecular flexibility index (Phi) is 5.26. The smallest absolute Gasteiger partial charge is 0.258 e. The number of halogens is 2. The van der Waals surface area contributed by atoms with E-state index in [9.17, 15) is 18.4 Å². The van der Waals surface area contributed by atoms with Gasteiger partial charge in [-0.25, -0.2) is 8.78 Å². The van der Waals surface area contributed by atoms with E-state index in [1.807, 2.05) is 55.4 Å². The fourth-order valence-corrected chi connectivity index (χ4v) is 4.92. The Balaban J connectivity index is 1.39. The third-order valence-corrected chi connectivity index (χ3v) is 6.71. The van der Waals surface area contributed by atoms with Crippen molar-refractivity contribution in [1.82, 2.24) is 19.6 Å². The predicted molar refractivity (Wildman–Crippen MR) is 121 cm³/mol. The van der Waals surface area contributed by atoms with Gasteiger partial charge in [-0.05, 0) is 42.7 Å². The number of amides is 2. The maximum absolute atomic E-state index is 13.3. The van der Waals surface area contributed by atoms with Crippen LogP contribution in [0.25, 0.3) is 10.9 Å². The summed E-state index contributed by atoms with van der Waals surface area (Å²) in [6.07, 6.45) is 0.0882. The second kappa shape index (κ2) is 8.13. The van der Waals surface area contributed by atoms with Gasteiger partial charge in [-0.15, -0.1) is 0 Å². The summed E-state index contributed by atoms with van der Waals surface area (Å²) in [6.45, 7) is 0.408. The van der Waals surface area contributed by atoms with Gasteiger partial charge < -0.3 is 14.7 Å². The number of aryl methyl sites for hydroxylation is 1. The van der Waals surface area contributed by atoms with Gasteiger partial charge in [-0.3, -0.25) is 14.3 Å². The van der Waals surface area contributed by atoms with E-state index in [1.54, 1.807) is 10.9 Å². The molecule has 5 rings (SSSR count). The van der Waals surface area contributed by atoms with Crippen molar-refractivity contribution in [3.05, 3.63) is 53.7 Å². The number of hydrogen-bond acceptors (Lipinski definition) is 4. The minimum atomic E-state index is -2.57. The van der Waals surface area contributed by atoms with Crippen LogP contribution in [0.2, 0.25) is 0 Å². The second-order valence-corrected chi connectivity index (χ2v) is 8.67. The number of benzene rings is 2. The number of carbonyl (C=O) groups is 2. The summed E-state index contributed by atoms with van der Waals surface area (Å²) in [5.74, 6) is -0.674. The molecule has 2 aromatic carbocycles. The van der Waals surface area contributed by atoms with Gasteiger partial charge >= 0.3 is 0 Å². The largest absolute Gasteiger partial charge is 0.344 e. The number of rotatable bonds is 5. The predicted octanol–water partition coefficient (Wildman–Crippen LogP) is 3.55. The highest BCUT2D eigenvalue weighted by Crippen LogP contribution is 2.35. The first-order valence-electron chi connectivity index (χ1n) is 11.0. The first-order valence-corrected chi connectivity index (χ1v) is 11.0. The fraction of sp³-hybridized carbons (Fsp3) is 0.375. The molecule has 3 heterocycles. The van der Waals surface area contributed by atoms with Crippen LogP contribution in [0.1, 0.15) is 28.8 Å². The van der Waals surface area contributed by atoms with Crippen molar-refractivity contribution in [3.8, 4) is 0 Å². The molecule has 0 saturated carbocycles. The summed E-state index contributed by atoms with van der Waals surface area (Å²) in [4.78, 5) is 30.7. The molecule has 172 valence electrons. The maximum Gasteiger partial charge on any atom is 0.258 e. The van der Waals surface area contributed by atoms with Crippen molar-refractivity contribution in [1.29, 1.82) is 0 Å². The molecule has 0 unspecified atom stereocenters. The highest BCUT2D eigenvalue weighted by molar-refractivity contribution is 6.05. The summed E-state index contributed by atoms with van der Waals surface area (Å²) < 4.78 is 28.3. The Morgan fingerprint density at radius 1 is 1.27 bits per heavy atom. The Bertz CT molecular complexity index is 1240. The normalized spacial score (nSPS) is 18.0. The van der Waals surface area contributed by atoms with Crippen LogP contribution in [0.3, 0.4) is 0 Å². The van der Waals surface area contributed by atoms with Gasteiger partial charge in [0, 0.05) is 38.3 Å². The first-order chi connectivity index (χ1) is 15.8. The molecular weight excluding hydrogens is 428 g/mol. The van der Waals surface area contributed by atoms with Gasteiger partial charge in [0.15, 0.2) is 0 Å². The summed E-state index contributed by atoms with van der Waals surface area (Å²) in [7, 11) is 3.78. The number of nitrogens with zero attached hydrogens (tertiary/aromatic N) is 5. The van der Waals surface area contributed by atoms with Crippen molar-refractivity contribution in [2.45, 2.75) is 31.9 Å². The van der Waals surface area contributed by atoms with E-state index < -0.39 is 18.4 Å². The van der Waals surface area contributed by atoms with E-state index in [0.717, 1.165) is 27.8 Å². The standard InChI is InChI=1S/C24H25F2N5O2/c1-28(17-8-9-18-16(11-17)12-27-29(18)2)19-6-3-5-15-13-30(24(33)22(15)19)14-21(32)31-10-4-7-20(31)23(25)26/h3,5-6,8-9,11-12,20,23H,4,7,10,13-14H2,1-2H3/t20-/m0/s1. The summed E-state index contributed by atoms with van der Waals surface area (Å²) in [5, 5.41) is 5.27. The van der Waals surface area contributed by atoms with Gasteiger partial charge in [0.2, 0.25) is 5.91 Å². The van der Waals surface area contributed by atoms with Crippen LogP contribution in [-0.4, -0.2) is 64.0 Å². The molecule has 1 atom stereocenters. The van der Waals surface area contributed by atoms with Crippen molar-refractivity contribution < 1.29 is 18.4 Å². The number of aromatic nitrogens is 2. The average molecular weight is 453 g/mol. The Labute approximate surface area is 190 Å². The van der Waals surface area contributed by atoms with Crippen LogP contribution >= 0.6 is 0 Å². The van der Waals surface area contributed by atoms with Crippen molar-refractivity contribution in [2.75, 3.05) is 25.0 Å². The molecule has 0 aliphatic carbocycles. The fourth-order valence-electron chi connectivity index (χ4n) is 4.92. The molecule has 2 aliphatic rings. The zero-order valence-electron chi connectivity index (χ0n) is 18.5. The topological polar surface area (TPSA) is 61.7 Å². The van der Waals surface area contributed by atoms with E-state index in [0.29, 0.717) is 24.9 Å². The molecule has 2 aliphatic heterocycles. The highest BCUT2D eigenvalue weighted by Gasteiger charge is 2.38. The third-order valence-electron chi connectivity index (χ3n) is 6.71. The Morgan fingerprint density at radius 3 is 2.88 bits per heavy atom. The number of likely N-dealkylation sites (tertiary alicyclic amines) is 1. The number of carbonyl (C=O) groups excluding carboxylic acids is 2. The lowest BCUT2D eigenvalue weighted by atomic mass is 10.1. The van der Waals surface area contributed by atoms with Gasteiger partial charge in [0.05, 0.1) is 29.0 Å². The van der Waals surface area contributed by atoms with Gasteiger partial charge in [-0.1, -0.05) is 12.1 Å². The maximum atomic E-state index is 13.3. The molecule has 0 bridgehead atoms. The average Bonchev–Trinajstić information content (AvgIpc) is 3.51. The Hall–Kier alpha value is -3.49. The quantitative estimate of drug-likeness (QED) is 0.593. The third kappa shape index (κ3) is 3.61. The van der Waals surface area contributed by atoms with E-state index in [4.69, 9.17) is 0 Å². The van der Waals surface area contributed by atoms with Crippen LogP contribution in [0.15, 0.2) is 42.6 Å². The van der Waals surface area contributed by atoms with E-state index in [2.05, 4.69) is 5.10 Å². The van der Waals surface area contributed by atoms with Gasteiger partial charge in [0.1, 0.15) is 6.54 Å². The lowest BCUT2D eigenvalue weighted by Gasteiger charge is -2.26. The number of anilines is 2. The zero-order valence-corrected chi connectivity index (χ0v) is 18.5. The van der Waals surface area contributed by atoms with Crippen molar-refractivity contribution in [2.24, 2.45) is 7.05 Å². The molecule has 33 heavy (non-hydrogen) atoms. The van der Waals surface area contributed by atoms with Crippen LogP contribution in [0.5, 0.6) is 0 Å². The van der Waals surface area contributed by atoms with Crippen molar-refractivity contribution in [3.63, 3.8) is 0 Å². The zero-order chi connectivity index (χ0) is 23.3. The lowest BCUT2D eigenvalue weighted by molar-refractivity contribution is -0.135. The molecule has 9 heteroatoms. The number of alkyl halides is 2. The summed E-state index contributed by atoms with van der Waals surface area (Å²) in [5.41, 5.74) is 4.03. The van der Waals surface area contributed by atoms with Crippen molar-refractivity contribution >= 4 is 34.1 Å². The minimum Gasteiger partial charge on any atom is -0.344 e. The molecule has 1 saturated heterocycles. The number of hydrogen-bond donors (Lipinski definition) is 0. The van der Waals surface area contributed by atoms with Gasteiger partial charge in [-0.2, -0.15) is 5.10 Å². The molecule has 0 N–H and O–H groups in total. The van der Waals surface area contributed by atoms with Crippen LogP contribution in [0.4, 0.5) is 20.2 Å². The van der Waals surface area contributed by atoms with Crippen LogP contribution in [-0.2, 0) is 18.4 Å². The minimum absolute atomic E-state index is 0.193. The molecular formula is C24H25F2N5O2. The SMILES string of the molecule is CN(c1ccc2c(cnn2C)c1)c1cccc2c1C(=O)N(CC(=O)N1CCC[C@H]1C(F)F)C2. The Morgan fingerprint density at radius 2 is 2.09 bits per heavy atom. The molecule has 7 nitrogen and oxygen atoms in total. The lowest BCUT2D eigenvalue weighted by Crippen LogP contribution is -2.45. The van der Waals surface area contributed by atoms with Crippen LogP contribution in [0, 0.1) is 0 Å². The molecule has 1 fully saturated rings. The molecule has 1 aromatic heterocycles. The molecule has 0 spiro atoms. The monoisotopic (exact) mass is 453 g/mol.